The van der Waals surface area contributed by atoms with Crippen LogP contribution in [0.5, 0.6) is 0 Å². The molecule has 2 atom stereocenters. The average Bonchev–Trinajstić information content (AvgIpc) is 2.18. The fourth-order valence-corrected chi connectivity index (χ4v) is 3.24. The fraction of sp³-hybridized carbons (Fsp3) is 0.900. The third-order valence-corrected chi connectivity index (χ3v) is 5.37. The number of hydrogen-bond acceptors (Lipinski definition) is 1. The van der Waals surface area contributed by atoms with Crippen LogP contribution in [-0.4, -0.2) is 10.7 Å². The summed E-state index contributed by atoms with van der Waals surface area (Å²) in [6, 6.07) is 0. The largest absolute Gasteiger partial charge is 0.299 e. The van der Waals surface area contributed by atoms with Crippen molar-refractivity contribution >= 4 is 17.4 Å². The number of Topliss-reactive ketones (excluding diaryl/α,β-unsaturated/α-hetero) is 1. The number of hydrogen-bond donors (Lipinski definition) is 0. The van der Waals surface area contributed by atoms with E-state index in [2.05, 4.69) is 20.8 Å². The van der Waals surface area contributed by atoms with Gasteiger partial charge in [-0.3, -0.25) is 4.79 Å². The lowest BCUT2D eigenvalue weighted by Crippen LogP contribution is -2.36. The van der Waals surface area contributed by atoms with E-state index in [1.165, 1.54) is 0 Å². The average molecular weight is 187 g/mol. The van der Waals surface area contributed by atoms with Crippen molar-refractivity contribution in [1.29, 1.82) is 0 Å². The van der Waals surface area contributed by atoms with E-state index in [-0.39, 0.29) is 15.7 Å². The zero-order valence-electron chi connectivity index (χ0n) is 7.91. The molecule has 0 saturated heterocycles. The molecule has 2 bridgehead atoms. The lowest BCUT2D eigenvalue weighted by Gasteiger charge is -2.35. The molecule has 0 radical (unpaired) electrons. The lowest BCUT2D eigenvalue weighted by atomic mass is 9.70. The Kier molecular flexibility index (Phi) is 1.35. The molecule has 2 saturated carbocycles. The fourth-order valence-electron chi connectivity index (χ4n) is 2.81. The van der Waals surface area contributed by atoms with Gasteiger partial charge in [-0.1, -0.05) is 20.8 Å². The van der Waals surface area contributed by atoms with Crippen molar-refractivity contribution in [3.8, 4) is 0 Å². The summed E-state index contributed by atoms with van der Waals surface area (Å²) in [5.74, 6) is 0.369. The van der Waals surface area contributed by atoms with Crippen molar-refractivity contribution in [3.63, 3.8) is 0 Å². The van der Waals surface area contributed by atoms with Gasteiger partial charge in [0.2, 0.25) is 0 Å². The van der Waals surface area contributed by atoms with E-state index < -0.39 is 0 Å². The van der Waals surface area contributed by atoms with Crippen molar-refractivity contribution in [1.82, 2.24) is 0 Å². The Labute approximate surface area is 78.5 Å². The summed E-state index contributed by atoms with van der Waals surface area (Å²) in [5.41, 5.74) is -0.159. The second-order valence-electron chi connectivity index (χ2n) is 5.02. The highest BCUT2D eigenvalue weighted by molar-refractivity contribution is 6.28. The molecule has 0 aromatic rings. The van der Waals surface area contributed by atoms with Crippen molar-refractivity contribution in [2.45, 2.75) is 44.9 Å². The molecule has 68 valence electrons. The maximum atomic E-state index is 11.7. The van der Waals surface area contributed by atoms with Gasteiger partial charge in [0.05, 0.1) is 4.87 Å². The van der Waals surface area contributed by atoms with E-state index in [4.69, 9.17) is 11.6 Å². The van der Waals surface area contributed by atoms with Crippen LogP contribution in [0.2, 0.25) is 0 Å². The van der Waals surface area contributed by atoms with E-state index in [0.29, 0.717) is 12.2 Å². The lowest BCUT2D eigenvalue weighted by molar-refractivity contribution is -0.128. The molecule has 0 aliphatic heterocycles. The Morgan fingerprint density at radius 1 is 1.25 bits per heavy atom. The number of alkyl halides is 1. The molecular weight excluding hydrogens is 172 g/mol. The van der Waals surface area contributed by atoms with Crippen LogP contribution in [0.4, 0.5) is 0 Å². The summed E-state index contributed by atoms with van der Waals surface area (Å²) in [6.45, 7) is 6.35. The molecule has 0 N–H and O–H groups in total. The topological polar surface area (TPSA) is 17.1 Å². The first kappa shape index (κ1) is 8.55. The standard InChI is InChI=1S/C10H15ClO/c1-8(2)9(3)4-5-10(8,11)6-7(9)12/h4-6H2,1-3H3/t9-,10-/m1/s1. The van der Waals surface area contributed by atoms with Gasteiger partial charge in [0.15, 0.2) is 0 Å². The Morgan fingerprint density at radius 2 is 1.83 bits per heavy atom. The summed E-state index contributed by atoms with van der Waals surface area (Å²) < 4.78 is 0. The predicted molar refractivity (Wildman–Crippen MR) is 49.3 cm³/mol. The molecule has 2 aliphatic rings. The number of ketones is 1. The number of halogens is 1. The Hall–Kier alpha value is -0.0400. The molecular formula is C10H15ClO. The molecule has 12 heavy (non-hydrogen) atoms. The first-order chi connectivity index (χ1) is 5.33. The van der Waals surface area contributed by atoms with Gasteiger partial charge in [0.1, 0.15) is 5.78 Å². The monoisotopic (exact) mass is 186 g/mol. The summed E-state index contributed by atoms with van der Waals surface area (Å²) in [4.78, 5) is 11.5. The third-order valence-electron chi connectivity index (χ3n) is 4.58. The minimum Gasteiger partial charge on any atom is -0.299 e. The van der Waals surface area contributed by atoms with Crippen LogP contribution in [0.1, 0.15) is 40.0 Å². The Balaban J connectivity index is 2.56. The van der Waals surface area contributed by atoms with Gasteiger partial charge in [-0.25, -0.2) is 0 Å². The van der Waals surface area contributed by atoms with Gasteiger partial charge in [-0.2, -0.15) is 0 Å². The van der Waals surface area contributed by atoms with Crippen molar-refractivity contribution in [2.24, 2.45) is 10.8 Å². The van der Waals surface area contributed by atoms with Crippen LogP contribution in [0.3, 0.4) is 0 Å². The molecule has 0 aromatic carbocycles. The molecule has 2 rings (SSSR count). The van der Waals surface area contributed by atoms with Gasteiger partial charge >= 0.3 is 0 Å². The SMILES string of the molecule is CC1(C)[C@@]2(Cl)CC[C@]1(C)C(=O)C2. The molecule has 0 unspecified atom stereocenters. The Morgan fingerprint density at radius 3 is 2.00 bits per heavy atom. The smallest absolute Gasteiger partial charge is 0.141 e. The van der Waals surface area contributed by atoms with Crippen molar-refractivity contribution in [2.75, 3.05) is 0 Å². The van der Waals surface area contributed by atoms with E-state index in [1.54, 1.807) is 0 Å². The van der Waals surface area contributed by atoms with E-state index in [0.717, 1.165) is 12.8 Å². The van der Waals surface area contributed by atoms with Gasteiger partial charge in [-0.05, 0) is 18.3 Å². The van der Waals surface area contributed by atoms with Crippen LogP contribution in [-0.2, 0) is 4.79 Å². The van der Waals surface area contributed by atoms with Crippen LogP contribution in [0, 0.1) is 10.8 Å². The summed E-state index contributed by atoms with van der Waals surface area (Å²) in [6.07, 6.45) is 2.56. The van der Waals surface area contributed by atoms with E-state index in [1.807, 2.05) is 0 Å². The zero-order valence-corrected chi connectivity index (χ0v) is 8.66. The summed E-state index contributed by atoms with van der Waals surface area (Å²) in [5, 5.41) is 0. The van der Waals surface area contributed by atoms with Crippen molar-refractivity contribution < 1.29 is 4.79 Å². The quantitative estimate of drug-likeness (QED) is 0.532. The molecule has 1 nitrogen and oxygen atoms in total. The van der Waals surface area contributed by atoms with Crippen LogP contribution < -0.4 is 0 Å². The number of carbonyl (C=O) groups is 1. The summed E-state index contributed by atoms with van der Waals surface area (Å²) >= 11 is 6.45. The Bertz CT molecular complexity index is 259. The molecule has 0 spiro atoms. The third kappa shape index (κ3) is 0.618. The molecule has 0 heterocycles. The highest BCUT2D eigenvalue weighted by atomic mass is 35.5. The second kappa shape index (κ2) is 1.89. The maximum Gasteiger partial charge on any atom is 0.141 e. The maximum absolute atomic E-state index is 11.7. The number of carbonyl (C=O) groups excluding carboxylic acids is 1. The molecule has 2 fully saturated rings. The molecule has 0 amide bonds. The van der Waals surface area contributed by atoms with E-state index >= 15 is 0 Å². The minimum atomic E-state index is -0.237. The number of fused-ring (bicyclic) bond motifs is 2. The minimum absolute atomic E-state index is 0.0152. The first-order valence-corrected chi connectivity index (χ1v) is 4.94. The zero-order chi connectivity index (χ0) is 9.20. The van der Waals surface area contributed by atoms with Crippen molar-refractivity contribution in [3.05, 3.63) is 0 Å². The normalized spacial score (nSPS) is 50.2. The van der Waals surface area contributed by atoms with Crippen LogP contribution >= 0.6 is 11.6 Å². The second-order valence-corrected chi connectivity index (χ2v) is 5.75. The van der Waals surface area contributed by atoms with Gasteiger partial charge < -0.3 is 0 Å². The molecule has 2 heteroatoms. The first-order valence-electron chi connectivity index (χ1n) is 4.56. The predicted octanol–water partition coefficient (Wildman–Crippen LogP) is 2.76. The highest BCUT2D eigenvalue weighted by Gasteiger charge is 2.69. The van der Waals surface area contributed by atoms with E-state index in [9.17, 15) is 4.79 Å². The van der Waals surface area contributed by atoms with Gasteiger partial charge in [0.25, 0.3) is 0 Å². The molecule has 0 aromatic heterocycles. The summed E-state index contributed by atoms with van der Waals surface area (Å²) in [7, 11) is 0. The number of rotatable bonds is 0. The van der Waals surface area contributed by atoms with Gasteiger partial charge in [-0.15, -0.1) is 11.6 Å². The molecule has 2 aliphatic carbocycles. The van der Waals surface area contributed by atoms with Gasteiger partial charge in [0, 0.05) is 11.8 Å². The van der Waals surface area contributed by atoms with Crippen LogP contribution in [0.25, 0.3) is 0 Å². The van der Waals surface area contributed by atoms with Crippen LogP contribution in [0.15, 0.2) is 0 Å². The highest BCUT2D eigenvalue weighted by Crippen LogP contribution is 2.68.